The fraction of sp³-hybridized carbons (Fsp3) is 0.647. The van der Waals surface area contributed by atoms with E-state index >= 15 is 0 Å². The molecule has 1 fully saturated rings. The van der Waals surface area contributed by atoms with Gasteiger partial charge in [0.2, 0.25) is 0 Å². The maximum Gasteiger partial charge on any atom is 0.160 e. The zero-order valence-electron chi connectivity index (χ0n) is 12.7. The van der Waals surface area contributed by atoms with Crippen LogP contribution >= 0.6 is 11.6 Å². The summed E-state index contributed by atoms with van der Waals surface area (Å²) in [6.45, 7) is 2.34. The van der Waals surface area contributed by atoms with Crippen molar-refractivity contribution in [2.75, 3.05) is 14.2 Å². The van der Waals surface area contributed by atoms with Gasteiger partial charge < -0.3 is 9.47 Å². The third kappa shape index (κ3) is 3.82. The first-order valence-electron chi connectivity index (χ1n) is 7.49. The number of methoxy groups -OCH3 is 2. The van der Waals surface area contributed by atoms with Crippen molar-refractivity contribution < 1.29 is 9.47 Å². The molecule has 1 aliphatic rings. The second-order valence-electron chi connectivity index (χ2n) is 5.93. The van der Waals surface area contributed by atoms with E-state index in [0.29, 0.717) is 5.92 Å². The van der Waals surface area contributed by atoms with Crippen LogP contribution in [-0.2, 0) is 6.42 Å². The van der Waals surface area contributed by atoms with Crippen LogP contribution in [0.1, 0.15) is 38.2 Å². The van der Waals surface area contributed by atoms with Gasteiger partial charge in [-0.25, -0.2) is 0 Å². The average molecular weight is 297 g/mol. The monoisotopic (exact) mass is 296 g/mol. The molecule has 3 heteroatoms. The lowest BCUT2D eigenvalue weighted by atomic mass is 9.80. The predicted octanol–water partition coefficient (Wildman–Crippen LogP) is 4.68. The van der Waals surface area contributed by atoms with E-state index in [9.17, 15) is 0 Å². The molecule has 0 amide bonds. The van der Waals surface area contributed by atoms with Gasteiger partial charge in [-0.05, 0) is 48.8 Å². The Balaban J connectivity index is 1.98. The van der Waals surface area contributed by atoms with Crippen LogP contribution in [0.4, 0.5) is 0 Å². The van der Waals surface area contributed by atoms with Crippen molar-refractivity contribution in [3.63, 3.8) is 0 Å². The van der Waals surface area contributed by atoms with E-state index in [-0.39, 0.29) is 5.38 Å². The Morgan fingerprint density at radius 2 is 1.75 bits per heavy atom. The van der Waals surface area contributed by atoms with Crippen molar-refractivity contribution in [2.45, 2.75) is 44.4 Å². The van der Waals surface area contributed by atoms with Crippen molar-refractivity contribution in [3.8, 4) is 11.5 Å². The van der Waals surface area contributed by atoms with E-state index in [4.69, 9.17) is 21.1 Å². The molecular weight excluding hydrogens is 272 g/mol. The lowest BCUT2D eigenvalue weighted by Gasteiger charge is -2.29. The molecule has 1 aromatic rings. The summed E-state index contributed by atoms with van der Waals surface area (Å²) in [4.78, 5) is 0. The Labute approximate surface area is 127 Å². The first-order valence-corrected chi connectivity index (χ1v) is 7.92. The minimum Gasteiger partial charge on any atom is -0.493 e. The maximum atomic E-state index is 6.64. The highest BCUT2D eigenvalue weighted by Gasteiger charge is 2.25. The number of hydrogen-bond donors (Lipinski definition) is 0. The molecule has 0 heterocycles. The molecule has 0 saturated heterocycles. The lowest BCUT2D eigenvalue weighted by molar-refractivity contribution is 0.281. The van der Waals surface area contributed by atoms with E-state index in [2.05, 4.69) is 13.0 Å². The molecule has 2 rings (SSSR count). The molecule has 0 aromatic heterocycles. The zero-order valence-corrected chi connectivity index (χ0v) is 13.5. The number of halogens is 1. The van der Waals surface area contributed by atoms with E-state index in [0.717, 1.165) is 23.8 Å². The molecule has 1 atom stereocenters. The highest BCUT2D eigenvalue weighted by atomic mass is 35.5. The molecule has 0 N–H and O–H groups in total. The van der Waals surface area contributed by atoms with Crippen LogP contribution in [0, 0.1) is 11.8 Å². The molecule has 1 aromatic carbocycles. The molecule has 0 aliphatic heterocycles. The number of hydrogen-bond acceptors (Lipinski definition) is 2. The predicted molar refractivity (Wildman–Crippen MR) is 84.0 cm³/mol. The third-order valence-electron chi connectivity index (χ3n) is 4.45. The minimum absolute atomic E-state index is 0.223. The van der Waals surface area contributed by atoms with Gasteiger partial charge in [-0.3, -0.25) is 0 Å². The van der Waals surface area contributed by atoms with Crippen LogP contribution in [-0.4, -0.2) is 19.6 Å². The molecule has 20 heavy (non-hydrogen) atoms. The fourth-order valence-corrected chi connectivity index (χ4v) is 3.48. The standard InChI is InChI=1S/C17H25ClO2/c1-12-4-7-14(8-5-12)15(18)10-13-6-9-16(19-2)17(11-13)20-3/h6,9,11-12,14-15H,4-5,7-8,10H2,1-3H3. The van der Waals surface area contributed by atoms with Crippen molar-refractivity contribution in [1.29, 1.82) is 0 Å². The maximum absolute atomic E-state index is 6.64. The topological polar surface area (TPSA) is 18.5 Å². The van der Waals surface area contributed by atoms with Crippen molar-refractivity contribution in [3.05, 3.63) is 23.8 Å². The summed E-state index contributed by atoms with van der Waals surface area (Å²) in [5.41, 5.74) is 1.22. The molecule has 112 valence electrons. The summed E-state index contributed by atoms with van der Waals surface area (Å²) in [5, 5.41) is 0.223. The first-order chi connectivity index (χ1) is 9.63. The summed E-state index contributed by atoms with van der Waals surface area (Å²) in [6.07, 6.45) is 6.08. The van der Waals surface area contributed by atoms with Crippen LogP contribution in [0.25, 0.3) is 0 Å². The molecule has 0 spiro atoms. The lowest BCUT2D eigenvalue weighted by Crippen LogP contribution is -2.22. The molecule has 0 bridgehead atoms. The molecular formula is C17H25ClO2. The molecule has 0 radical (unpaired) electrons. The van der Waals surface area contributed by atoms with Crippen LogP contribution in [0.2, 0.25) is 0 Å². The summed E-state index contributed by atoms with van der Waals surface area (Å²) in [7, 11) is 3.33. The Kier molecular flexibility index (Phi) is 5.59. The summed E-state index contributed by atoms with van der Waals surface area (Å²) in [6, 6.07) is 6.09. The molecule has 2 nitrogen and oxygen atoms in total. The van der Waals surface area contributed by atoms with Crippen molar-refractivity contribution in [2.24, 2.45) is 11.8 Å². The normalized spacial score (nSPS) is 24.2. The van der Waals surface area contributed by atoms with Crippen LogP contribution in [0.15, 0.2) is 18.2 Å². The number of rotatable bonds is 5. The van der Waals surface area contributed by atoms with E-state index in [1.54, 1.807) is 14.2 Å². The number of benzene rings is 1. The number of ether oxygens (including phenoxy) is 2. The van der Waals surface area contributed by atoms with Gasteiger partial charge in [-0.1, -0.05) is 25.8 Å². The highest BCUT2D eigenvalue weighted by molar-refractivity contribution is 6.20. The molecule has 1 aliphatic carbocycles. The van der Waals surface area contributed by atoms with Gasteiger partial charge in [0.05, 0.1) is 14.2 Å². The van der Waals surface area contributed by atoms with Gasteiger partial charge in [0.15, 0.2) is 11.5 Å². The van der Waals surface area contributed by atoms with E-state index in [1.165, 1.54) is 31.2 Å². The van der Waals surface area contributed by atoms with E-state index in [1.807, 2.05) is 12.1 Å². The van der Waals surface area contributed by atoms with Gasteiger partial charge >= 0.3 is 0 Å². The molecule has 1 saturated carbocycles. The van der Waals surface area contributed by atoms with Crippen molar-refractivity contribution >= 4 is 11.6 Å². The smallest absolute Gasteiger partial charge is 0.160 e. The van der Waals surface area contributed by atoms with Gasteiger partial charge in [0, 0.05) is 5.38 Å². The van der Waals surface area contributed by atoms with Gasteiger partial charge in [0.1, 0.15) is 0 Å². The zero-order chi connectivity index (χ0) is 14.5. The number of alkyl halides is 1. The van der Waals surface area contributed by atoms with E-state index < -0.39 is 0 Å². The SMILES string of the molecule is COc1ccc(CC(Cl)C2CCC(C)CC2)cc1OC. The largest absolute Gasteiger partial charge is 0.493 e. The average Bonchev–Trinajstić information content (AvgIpc) is 2.47. The Morgan fingerprint density at radius 1 is 1.10 bits per heavy atom. The Morgan fingerprint density at radius 3 is 2.35 bits per heavy atom. The quantitative estimate of drug-likeness (QED) is 0.735. The summed E-state index contributed by atoms with van der Waals surface area (Å²) in [5.74, 6) is 3.08. The Bertz CT molecular complexity index is 425. The Hall–Kier alpha value is -0.890. The molecule has 1 unspecified atom stereocenters. The highest BCUT2D eigenvalue weighted by Crippen LogP contribution is 2.35. The first kappa shape index (κ1) is 15.5. The van der Waals surface area contributed by atoms with Crippen LogP contribution < -0.4 is 9.47 Å². The van der Waals surface area contributed by atoms with Gasteiger partial charge in [-0.2, -0.15) is 0 Å². The summed E-state index contributed by atoms with van der Waals surface area (Å²) >= 11 is 6.64. The second kappa shape index (κ2) is 7.21. The minimum atomic E-state index is 0.223. The fourth-order valence-electron chi connectivity index (χ4n) is 3.05. The second-order valence-corrected chi connectivity index (χ2v) is 6.49. The van der Waals surface area contributed by atoms with Crippen LogP contribution in [0.5, 0.6) is 11.5 Å². The third-order valence-corrected chi connectivity index (χ3v) is 4.96. The van der Waals surface area contributed by atoms with Crippen molar-refractivity contribution in [1.82, 2.24) is 0 Å². The van der Waals surface area contributed by atoms with Crippen LogP contribution in [0.3, 0.4) is 0 Å². The summed E-state index contributed by atoms with van der Waals surface area (Å²) < 4.78 is 10.6. The van der Waals surface area contributed by atoms with Gasteiger partial charge in [0.25, 0.3) is 0 Å². The van der Waals surface area contributed by atoms with Gasteiger partial charge in [-0.15, -0.1) is 11.6 Å².